The molecule has 5 nitrogen and oxygen atoms in total. The van der Waals surface area contributed by atoms with Gasteiger partial charge in [-0.1, -0.05) is 30.3 Å². The second-order valence-corrected chi connectivity index (χ2v) is 7.21. The molecule has 0 saturated carbocycles. The molecule has 0 fully saturated rings. The average Bonchev–Trinajstić information content (AvgIpc) is 2.77. The minimum Gasteiger partial charge on any atom is -0.453 e. The summed E-state index contributed by atoms with van der Waals surface area (Å²) >= 11 is 0. The summed E-state index contributed by atoms with van der Waals surface area (Å²) in [5.74, 6) is -0.244. The molecular formula is C25H25FN2O3. The summed E-state index contributed by atoms with van der Waals surface area (Å²) in [7, 11) is 0. The van der Waals surface area contributed by atoms with Crippen molar-refractivity contribution in [2.75, 3.05) is 0 Å². The first-order valence-corrected chi connectivity index (χ1v) is 10.0. The number of ether oxygens (including phenoxy) is 2. The maximum Gasteiger partial charge on any atom is 0.244 e. The number of hydrogen-bond acceptors (Lipinski definition) is 4. The van der Waals surface area contributed by atoms with Crippen molar-refractivity contribution in [2.24, 2.45) is 0 Å². The number of amides is 1. The molecule has 0 bridgehead atoms. The summed E-state index contributed by atoms with van der Waals surface area (Å²) in [5, 5.41) is 2.83. The number of hydrogen-bond donors (Lipinski definition) is 1. The van der Waals surface area contributed by atoms with Crippen LogP contribution in [0.5, 0.6) is 11.5 Å². The van der Waals surface area contributed by atoms with E-state index in [-0.39, 0.29) is 17.8 Å². The van der Waals surface area contributed by atoms with Crippen molar-refractivity contribution >= 4 is 12.0 Å². The average molecular weight is 420 g/mol. The van der Waals surface area contributed by atoms with Gasteiger partial charge in [0.1, 0.15) is 5.75 Å². The van der Waals surface area contributed by atoms with Gasteiger partial charge in [0.15, 0.2) is 11.6 Å². The highest BCUT2D eigenvalue weighted by Crippen LogP contribution is 2.24. The third kappa shape index (κ3) is 7.35. The molecule has 160 valence electrons. The molecule has 0 aliphatic carbocycles. The normalized spacial score (nSPS) is 11.1. The van der Waals surface area contributed by atoms with E-state index in [1.165, 1.54) is 24.4 Å². The van der Waals surface area contributed by atoms with Gasteiger partial charge in [0, 0.05) is 18.8 Å². The van der Waals surface area contributed by atoms with Crippen LogP contribution in [-0.4, -0.2) is 17.0 Å². The monoisotopic (exact) mass is 420 g/mol. The van der Waals surface area contributed by atoms with Crippen molar-refractivity contribution in [3.63, 3.8) is 0 Å². The second-order valence-electron chi connectivity index (χ2n) is 7.21. The van der Waals surface area contributed by atoms with E-state index in [4.69, 9.17) is 9.47 Å². The Morgan fingerprint density at radius 3 is 2.71 bits per heavy atom. The van der Waals surface area contributed by atoms with E-state index in [0.29, 0.717) is 24.5 Å². The van der Waals surface area contributed by atoms with Crippen molar-refractivity contribution in [1.29, 1.82) is 0 Å². The van der Waals surface area contributed by atoms with Gasteiger partial charge in [-0.25, -0.2) is 4.39 Å². The number of nitrogens with zero attached hydrogens (tertiary/aromatic N) is 1. The van der Waals surface area contributed by atoms with Gasteiger partial charge >= 0.3 is 0 Å². The van der Waals surface area contributed by atoms with Gasteiger partial charge in [-0.3, -0.25) is 9.78 Å². The van der Waals surface area contributed by atoms with E-state index in [1.807, 2.05) is 38.1 Å². The lowest BCUT2D eigenvalue weighted by molar-refractivity contribution is -0.116. The first-order valence-electron chi connectivity index (χ1n) is 10.0. The predicted molar refractivity (Wildman–Crippen MR) is 118 cm³/mol. The molecule has 1 aromatic heterocycles. The maximum atomic E-state index is 14.3. The molecule has 0 saturated heterocycles. The number of benzene rings is 2. The van der Waals surface area contributed by atoms with Gasteiger partial charge in [-0.15, -0.1) is 0 Å². The number of aromatic nitrogens is 1. The van der Waals surface area contributed by atoms with Crippen molar-refractivity contribution in [2.45, 2.75) is 33.1 Å². The zero-order chi connectivity index (χ0) is 22.1. The largest absolute Gasteiger partial charge is 0.453 e. The molecule has 3 rings (SSSR count). The summed E-state index contributed by atoms with van der Waals surface area (Å²) in [5.41, 5.74) is 2.59. The molecule has 2 aromatic carbocycles. The first-order chi connectivity index (χ1) is 15.0. The third-order valence-electron chi connectivity index (χ3n) is 4.29. The fourth-order valence-corrected chi connectivity index (χ4v) is 2.75. The number of pyridine rings is 1. The van der Waals surface area contributed by atoms with Crippen molar-refractivity contribution in [3.05, 3.63) is 95.6 Å². The number of carbonyl (C=O) groups is 1. The van der Waals surface area contributed by atoms with Crippen LogP contribution in [-0.2, 0) is 22.7 Å². The van der Waals surface area contributed by atoms with Gasteiger partial charge in [-0.05, 0) is 60.9 Å². The zero-order valence-corrected chi connectivity index (χ0v) is 17.5. The number of carbonyl (C=O) groups excluding carboxylic acids is 1. The van der Waals surface area contributed by atoms with Gasteiger partial charge in [0.2, 0.25) is 5.91 Å². The van der Waals surface area contributed by atoms with Crippen molar-refractivity contribution in [1.82, 2.24) is 10.3 Å². The van der Waals surface area contributed by atoms with Crippen LogP contribution in [0.3, 0.4) is 0 Å². The highest BCUT2D eigenvalue weighted by Gasteiger charge is 2.06. The number of halogens is 1. The smallest absolute Gasteiger partial charge is 0.244 e. The Hall–Kier alpha value is -3.51. The summed E-state index contributed by atoms with van der Waals surface area (Å²) < 4.78 is 25.4. The fourth-order valence-electron chi connectivity index (χ4n) is 2.75. The molecule has 0 aliphatic heterocycles. The van der Waals surface area contributed by atoms with E-state index in [9.17, 15) is 9.18 Å². The number of nitrogens with one attached hydrogen (secondary N) is 1. The van der Waals surface area contributed by atoms with E-state index in [1.54, 1.807) is 30.5 Å². The van der Waals surface area contributed by atoms with E-state index in [0.717, 1.165) is 11.1 Å². The van der Waals surface area contributed by atoms with Gasteiger partial charge in [0.25, 0.3) is 0 Å². The Balaban J connectivity index is 1.53. The molecular weight excluding hydrogens is 395 g/mol. The van der Waals surface area contributed by atoms with Crippen LogP contribution in [0.15, 0.2) is 73.1 Å². The second kappa shape index (κ2) is 11.0. The van der Waals surface area contributed by atoms with Crippen LogP contribution in [0.2, 0.25) is 0 Å². The standard InChI is InChI=1S/C25H25FN2O3/c1-18(2)30-17-21-6-3-5-20(13-21)15-28-25(29)11-9-19-8-10-24(23(26)14-19)31-22-7-4-12-27-16-22/h3-14,16,18H,15,17H2,1-2H3,(H,28,29)/b11-9+. The van der Waals surface area contributed by atoms with Gasteiger partial charge < -0.3 is 14.8 Å². The topological polar surface area (TPSA) is 60.5 Å². The van der Waals surface area contributed by atoms with Crippen LogP contribution in [0.25, 0.3) is 6.08 Å². The Morgan fingerprint density at radius 2 is 1.97 bits per heavy atom. The van der Waals surface area contributed by atoms with Crippen LogP contribution >= 0.6 is 0 Å². The van der Waals surface area contributed by atoms with Gasteiger partial charge in [-0.2, -0.15) is 0 Å². The minimum atomic E-state index is -0.521. The molecule has 1 N–H and O–H groups in total. The van der Waals surface area contributed by atoms with Gasteiger partial charge in [0.05, 0.1) is 18.9 Å². The highest BCUT2D eigenvalue weighted by atomic mass is 19.1. The molecule has 1 heterocycles. The van der Waals surface area contributed by atoms with E-state index in [2.05, 4.69) is 10.3 Å². The summed E-state index contributed by atoms with van der Waals surface area (Å²) in [4.78, 5) is 16.1. The molecule has 0 spiro atoms. The quantitative estimate of drug-likeness (QED) is 0.479. The molecule has 6 heteroatoms. The maximum absolute atomic E-state index is 14.3. The molecule has 1 amide bonds. The molecule has 31 heavy (non-hydrogen) atoms. The Labute approximate surface area is 181 Å². The Kier molecular flexibility index (Phi) is 7.90. The lowest BCUT2D eigenvalue weighted by atomic mass is 10.1. The first kappa shape index (κ1) is 22.2. The molecule has 0 unspecified atom stereocenters. The highest BCUT2D eigenvalue weighted by molar-refractivity contribution is 5.91. The van der Waals surface area contributed by atoms with E-state index >= 15 is 0 Å². The lowest BCUT2D eigenvalue weighted by Crippen LogP contribution is -2.20. The minimum absolute atomic E-state index is 0.0935. The predicted octanol–water partition coefficient (Wildman–Crippen LogP) is 5.27. The zero-order valence-electron chi connectivity index (χ0n) is 17.5. The van der Waals surface area contributed by atoms with Crippen LogP contribution in [0, 0.1) is 5.82 Å². The summed E-state index contributed by atoms with van der Waals surface area (Å²) in [6.07, 6.45) is 6.21. The van der Waals surface area contributed by atoms with Crippen molar-refractivity contribution in [3.8, 4) is 11.5 Å². The van der Waals surface area contributed by atoms with Crippen LogP contribution in [0.1, 0.15) is 30.5 Å². The third-order valence-corrected chi connectivity index (χ3v) is 4.29. The molecule has 0 radical (unpaired) electrons. The molecule has 3 aromatic rings. The number of rotatable bonds is 9. The summed E-state index contributed by atoms with van der Waals surface area (Å²) in [6, 6.07) is 15.8. The molecule has 0 aliphatic rings. The van der Waals surface area contributed by atoms with E-state index < -0.39 is 5.82 Å². The lowest BCUT2D eigenvalue weighted by Gasteiger charge is -2.09. The summed E-state index contributed by atoms with van der Waals surface area (Å²) in [6.45, 7) is 4.91. The Morgan fingerprint density at radius 1 is 1.13 bits per heavy atom. The Bertz CT molecular complexity index is 1040. The van der Waals surface area contributed by atoms with Crippen LogP contribution < -0.4 is 10.1 Å². The fraction of sp³-hybridized carbons (Fsp3) is 0.200. The van der Waals surface area contributed by atoms with Crippen molar-refractivity contribution < 1.29 is 18.7 Å². The molecule has 0 atom stereocenters. The van der Waals surface area contributed by atoms with Crippen LogP contribution in [0.4, 0.5) is 4.39 Å². The SMILES string of the molecule is CC(C)OCc1cccc(CNC(=O)/C=C/c2ccc(Oc3cccnc3)c(F)c2)c1.